The van der Waals surface area contributed by atoms with E-state index in [1.807, 2.05) is 37.3 Å². The molecule has 0 aliphatic rings. The van der Waals surface area contributed by atoms with E-state index < -0.39 is 5.91 Å². The number of hydrogen-bond donors (Lipinski definition) is 1. The van der Waals surface area contributed by atoms with Crippen LogP contribution in [0.5, 0.6) is 5.75 Å². The molecule has 3 heteroatoms. The number of amides is 1. The van der Waals surface area contributed by atoms with Gasteiger partial charge in [0.15, 0.2) is 0 Å². The van der Waals surface area contributed by atoms with E-state index in [-0.39, 0.29) is 0 Å². The summed E-state index contributed by atoms with van der Waals surface area (Å²) in [6.07, 6.45) is 0. The SMILES string of the molecule is CCOc1c(C(N)=O)ccc2ccccc12. The molecular weight excluding hydrogens is 202 g/mol. The van der Waals surface area contributed by atoms with Crippen LogP contribution in [-0.2, 0) is 0 Å². The van der Waals surface area contributed by atoms with Gasteiger partial charge in [-0.1, -0.05) is 30.3 Å². The summed E-state index contributed by atoms with van der Waals surface area (Å²) >= 11 is 0. The topological polar surface area (TPSA) is 52.3 Å². The summed E-state index contributed by atoms with van der Waals surface area (Å²) < 4.78 is 5.51. The Morgan fingerprint density at radius 1 is 1.25 bits per heavy atom. The molecule has 3 nitrogen and oxygen atoms in total. The minimum Gasteiger partial charge on any atom is -0.492 e. The van der Waals surface area contributed by atoms with Crippen molar-refractivity contribution in [3.05, 3.63) is 42.0 Å². The molecule has 1 amide bonds. The van der Waals surface area contributed by atoms with Crippen molar-refractivity contribution in [2.75, 3.05) is 6.61 Å². The van der Waals surface area contributed by atoms with Gasteiger partial charge in [0.25, 0.3) is 5.91 Å². The summed E-state index contributed by atoms with van der Waals surface area (Å²) in [5.74, 6) is 0.113. The van der Waals surface area contributed by atoms with Gasteiger partial charge in [-0.15, -0.1) is 0 Å². The van der Waals surface area contributed by atoms with Crippen LogP contribution in [0.4, 0.5) is 0 Å². The smallest absolute Gasteiger partial charge is 0.252 e. The van der Waals surface area contributed by atoms with E-state index in [0.29, 0.717) is 17.9 Å². The lowest BCUT2D eigenvalue weighted by molar-refractivity contribution is 0.0997. The van der Waals surface area contributed by atoms with Crippen molar-refractivity contribution in [2.45, 2.75) is 6.92 Å². The third-order valence-corrected chi connectivity index (χ3v) is 2.43. The first-order valence-corrected chi connectivity index (χ1v) is 5.18. The Bertz CT molecular complexity index is 534. The molecule has 16 heavy (non-hydrogen) atoms. The minimum atomic E-state index is -0.464. The largest absolute Gasteiger partial charge is 0.492 e. The van der Waals surface area contributed by atoms with Gasteiger partial charge in [-0.25, -0.2) is 0 Å². The van der Waals surface area contributed by atoms with E-state index >= 15 is 0 Å². The molecule has 0 spiro atoms. The number of fused-ring (bicyclic) bond motifs is 1. The summed E-state index contributed by atoms with van der Waals surface area (Å²) in [7, 11) is 0. The van der Waals surface area contributed by atoms with Gasteiger partial charge < -0.3 is 10.5 Å². The van der Waals surface area contributed by atoms with E-state index in [9.17, 15) is 4.79 Å². The molecule has 0 aromatic heterocycles. The van der Waals surface area contributed by atoms with Crippen LogP contribution >= 0.6 is 0 Å². The van der Waals surface area contributed by atoms with Crippen LogP contribution < -0.4 is 10.5 Å². The van der Waals surface area contributed by atoms with Gasteiger partial charge in [0, 0.05) is 5.39 Å². The first kappa shape index (κ1) is 10.5. The van der Waals surface area contributed by atoms with E-state index in [1.165, 1.54) is 0 Å². The summed E-state index contributed by atoms with van der Waals surface area (Å²) in [6, 6.07) is 11.3. The average molecular weight is 215 g/mol. The third kappa shape index (κ3) is 1.72. The van der Waals surface area contributed by atoms with Crippen molar-refractivity contribution in [2.24, 2.45) is 5.73 Å². The molecule has 2 rings (SSSR count). The van der Waals surface area contributed by atoms with Gasteiger partial charge in [0.1, 0.15) is 5.75 Å². The molecule has 82 valence electrons. The molecule has 0 heterocycles. The van der Waals surface area contributed by atoms with Gasteiger partial charge in [-0.3, -0.25) is 4.79 Å². The maximum absolute atomic E-state index is 11.3. The predicted octanol–water partition coefficient (Wildman–Crippen LogP) is 2.34. The second-order valence-corrected chi connectivity index (χ2v) is 3.46. The van der Waals surface area contributed by atoms with Crippen LogP contribution in [0.1, 0.15) is 17.3 Å². The number of carbonyl (C=O) groups is 1. The van der Waals surface area contributed by atoms with Crippen LogP contribution in [-0.4, -0.2) is 12.5 Å². The van der Waals surface area contributed by atoms with Crippen LogP contribution in [0.25, 0.3) is 10.8 Å². The fourth-order valence-electron chi connectivity index (χ4n) is 1.74. The summed E-state index contributed by atoms with van der Waals surface area (Å²) in [4.78, 5) is 11.3. The summed E-state index contributed by atoms with van der Waals surface area (Å²) in [5, 5.41) is 1.96. The normalized spacial score (nSPS) is 10.3. The van der Waals surface area contributed by atoms with Gasteiger partial charge in [-0.2, -0.15) is 0 Å². The lowest BCUT2D eigenvalue weighted by Crippen LogP contribution is -2.13. The first-order chi connectivity index (χ1) is 7.74. The molecule has 2 aromatic rings. The standard InChI is InChI=1S/C13H13NO2/c1-2-16-12-10-6-4-3-5-9(10)7-8-11(12)13(14)15/h3-8H,2H2,1H3,(H2,14,15). The number of primary amides is 1. The molecule has 2 aromatic carbocycles. The molecular formula is C13H13NO2. The maximum atomic E-state index is 11.3. The number of hydrogen-bond acceptors (Lipinski definition) is 2. The highest BCUT2D eigenvalue weighted by atomic mass is 16.5. The molecule has 0 radical (unpaired) electrons. The number of rotatable bonds is 3. The van der Waals surface area contributed by atoms with Crippen molar-refractivity contribution >= 4 is 16.7 Å². The van der Waals surface area contributed by atoms with Crippen LogP contribution in [0, 0.1) is 0 Å². The lowest BCUT2D eigenvalue weighted by atomic mass is 10.0. The van der Waals surface area contributed by atoms with Gasteiger partial charge in [-0.05, 0) is 18.4 Å². The Kier molecular flexibility index (Phi) is 2.77. The third-order valence-electron chi connectivity index (χ3n) is 2.43. The number of nitrogens with two attached hydrogens (primary N) is 1. The fraction of sp³-hybridized carbons (Fsp3) is 0.154. The van der Waals surface area contributed by atoms with E-state index in [0.717, 1.165) is 10.8 Å². The molecule has 0 atom stereocenters. The maximum Gasteiger partial charge on any atom is 0.252 e. The number of carbonyl (C=O) groups excluding carboxylic acids is 1. The highest BCUT2D eigenvalue weighted by Gasteiger charge is 2.12. The van der Waals surface area contributed by atoms with Crippen LogP contribution in [0.3, 0.4) is 0 Å². The van der Waals surface area contributed by atoms with E-state index in [2.05, 4.69) is 0 Å². The Balaban J connectivity index is 2.73. The molecule has 0 unspecified atom stereocenters. The van der Waals surface area contributed by atoms with Crippen molar-refractivity contribution in [3.63, 3.8) is 0 Å². The molecule has 0 saturated carbocycles. The van der Waals surface area contributed by atoms with Crippen molar-refractivity contribution in [3.8, 4) is 5.75 Å². The molecule has 2 N–H and O–H groups in total. The first-order valence-electron chi connectivity index (χ1n) is 5.18. The highest BCUT2D eigenvalue weighted by molar-refractivity contribution is 6.03. The zero-order valence-electron chi connectivity index (χ0n) is 9.07. The van der Waals surface area contributed by atoms with E-state index in [1.54, 1.807) is 6.07 Å². The second kappa shape index (κ2) is 4.23. The second-order valence-electron chi connectivity index (χ2n) is 3.46. The fourth-order valence-corrected chi connectivity index (χ4v) is 1.74. The molecule has 0 bridgehead atoms. The Morgan fingerprint density at radius 3 is 2.69 bits per heavy atom. The summed E-state index contributed by atoms with van der Waals surface area (Å²) in [5.41, 5.74) is 5.75. The highest BCUT2D eigenvalue weighted by Crippen LogP contribution is 2.29. The van der Waals surface area contributed by atoms with Gasteiger partial charge >= 0.3 is 0 Å². The zero-order chi connectivity index (χ0) is 11.5. The number of benzene rings is 2. The quantitative estimate of drug-likeness (QED) is 0.854. The van der Waals surface area contributed by atoms with Crippen LogP contribution in [0.2, 0.25) is 0 Å². The van der Waals surface area contributed by atoms with Gasteiger partial charge in [0.05, 0.1) is 12.2 Å². The lowest BCUT2D eigenvalue weighted by Gasteiger charge is -2.11. The summed E-state index contributed by atoms with van der Waals surface area (Å²) in [6.45, 7) is 2.39. The molecule has 0 aliphatic heterocycles. The molecule has 0 aliphatic carbocycles. The van der Waals surface area contributed by atoms with Crippen molar-refractivity contribution in [1.29, 1.82) is 0 Å². The zero-order valence-corrected chi connectivity index (χ0v) is 9.07. The Morgan fingerprint density at radius 2 is 2.00 bits per heavy atom. The van der Waals surface area contributed by atoms with Crippen molar-refractivity contribution < 1.29 is 9.53 Å². The van der Waals surface area contributed by atoms with E-state index in [4.69, 9.17) is 10.5 Å². The van der Waals surface area contributed by atoms with Gasteiger partial charge in [0.2, 0.25) is 0 Å². The number of ether oxygens (including phenoxy) is 1. The Hall–Kier alpha value is -2.03. The average Bonchev–Trinajstić information content (AvgIpc) is 2.29. The van der Waals surface area contributed by atoms with Crippen LogP contribution in [0.15, 0.2) is 36.4 Å². The Labute approximate surface area is 93.8 Å². The minimum absolute atomic E-state index is 0.431. The predicted molar refractivity (Wildman–Crippen MR) is 63.6 cm³/mol. The molecule has 0 saturated heterocycles. The molecule has 0 fully saturated rings. The monoisotopic (exact) mass is 215 g/mol. The van der Waals surface area contributed by atoms with Crippen molar-refractivity contribution in [1.82, 2.24) is 0 Å².